The van der Waals surface area contributed by atoms with E-state index in [2.05, 4.69) is 44.0 Å². The van der Waals surface area contributed by atoms with Crippen molar-refractivity contribution in [2.24, 2.45) is 4.99 Å². The summed E-state index contributed by atoms with van der Waals surface area (Å²) < 4.78 is 13.0. The number of ether oxygens (including phenoxy) is 2. The molecule has 3 fully saturated rings. The maximum Gasteiger partial charge on any atom is 0.212 e. The topological polar surface area (TPSA) is 80.4 Å². The highest BCUT2D eigenvalue weighted by atomic mass is 16.5. The Hall–Kier alpha value is -3.98. The molecule has 4 aromatic heterocycles. The Kier molecular flexibility index (Phi) is 5.32. The van der Waals surface area contributed by atoms with Crippen molar-refractivity contribution < 1.29 is 9.47 Å². The van der Waals surface area contributed by atoms with Gasteiger partial charge in [0.2, 0.25) is 5.88 Å². The Bertz CT molecular complexity index is 1470. The summed E-state index contributed by atoms with van der Waals surface area (Å²) in [6.07, 6.45) is 9.02. The molecule has 0 aliphatic carbocycles. The number of piperazine rings is 1. The maximum absolute atomic E-state index is 5.84. The zero-order valence-electron chi connectivity index (χ0n) is 21.0. The quantitative estimate of drug-likeness (QED) is 0.388. The van der Waals surface area contributed by atoms with E-state index in [1.807, 2.05) is 42.3 Å². The number of nitrogens with zero attached hydrogens (tertiary/aromatic N) is 7. The molecule has 0 spiro atoms. The first-order valence-electron chi connectivity index (χ1n) is 12.8. The van der Waals surface area contributed by atoms with E-state index in [0.717, 1.165) is 59.1 Å². The highest BCUT2D eigenvalue weighted by Gasteiger charge is 2.44. The van der Waals surface area contributed by atoms with Gasteiger partial charge in [-0.3, -0.25) is 9.89 Å². The van der Waals surface area contributed by atoms with Crippen molar-refractivity contribution in [1.82, 2.24) is 24.5 Å². The van der Waals surface area contributed by atoms with Crippen LogP contribution in [0.5, 0.6) is 11.6 Å². The molecule has 8 rings (SSSR count). The molecule has 37 heavy (non-hydrogen) atoms. The highest BCUT2D eigenvalue weighted by molar-refractivity contribution is 5.99. The normalized spacial score (nSPS) is 20.2. The standard InChI is InChI=1S/C28H29N7O2/c1-3-37-22-9-23(28-24-12-29-13-25(24)32-35(28)17-22)19-5-6-26(30-11-19)33-15-20-8-21(16-33)34(20)14-18-4-7-27(36-2)31-10-18/h4-7,9-12,17,20-21H,3,8,13-16H2,1-2H3. The predicted octanol–water partition coefficient (Wildman–Crippen LogP) is 3.59. The van der Waals surface area contributed by atoms with E-state index < -0.39 is 0 Å². The van der Waals surface area contributed by atoms with E-state index in [0.29, 0.717) is 31.1 Å². The minimum absolute atomic E-state index is 0.540. The molecule has 3 saturated heterocycles. The molecule has 9 heteroatoms. The second-order valence-corrected chi connectivity index (χ2v) is 9.88. The zero-order valence-corrected chi connectivity index (χ0v) is 21.0. The van der Waals surface area contributed by atoms with Crippen LogP contribution in [0, 0.1) is 0 Å². The zero-order chi connectivity index (χ0) is 24.9. The molecule has 0 radical (unpaired) electrons. The summed E-state index contributed by atoms with van der Waals surface area (Å²) in [5, 5.41) is 4.74. The number of piperidine rings is 1. The third-order valence-corrected chi connectivity index (χ3v) is 7.69. The van der Waals surface area contributed by atoms with Crippen LogP contribution in [-0.2, 0) is 13.1 Å². The number of pyridine rings is 3. The van der Waals surface area contributed by atoms with Crippen molar-refractivity contribution in [1.29, 1.82) is 0 Å². The van der Waals surface area contributed by atoms with Gasteiger partial charge in [-0.2, -0.15) is 5.10 Å². The first-order valence-corrected chi connectivity index (χ1v) is 12.8. The molecule has 4 aliphatic rings. The Labute approximate surface area is 215 Å². The van der Waals surface area contributed by atoms with E-state index in [9.17, 15) is 0 Å². The van der Waals surface area contributed by atoms with Crippen molar-refractivity contribution in [2.75, 3.05) is 31.7 Å². The molecule has 0 N–H and O–H groups in total. The van der Waals surface area contributed by atoms with Crippen molar-refractivity contribution in [3.63, 3.8) is 0 Å². The molecule has 188 valence electrons. The van der Waals surface area contributed by atoms with Gasteiger partial charge >= 0.3 is 0 Å². The van der Waals surface area contributed by atoms with Gasteiger partial charge in [0.05, 0.1) is 37.7 Å². The molecule has 8 heterocycles. The Morgan fingerprint density at radius 2 is 1.95 bits per heavy atom. The number of anilines is 1. The molecule has 0 aromatic carbocycles. The van der Waals surface area contributed by atoms with Crippen molar-refractivity contribution in [2.45, 2.75) is 38.5 Å². The second-order valence-electron chi connectivity index (χ2n) is 9.88. The largest absolute Gasteiger partial charge is 0.492 e. The smallest absolute Gasteiger partial charge is 0.212 e. The molecule has 4 aromatic rings. The molecule has 0 saturated carbocycles. The Balaban J connectivity index is 1.10. The van der Waals surface area contributed by atoms with E-state index in [1.165, 1.54) is 12.0 Å². The molecule has 9 nitrogen and oxygen atoms in total. The van der Waals surface area contributed by atoms with Crippen LogP contribution < -0.4 is 14.4 Å². The number of hydrogen-bond donors (Lipinski definition) is 0. The monoisotopic (exact) mass is 495 g/mol. The van der Waals surface area contributed by atoms with Gasteiger partial charge in [0.15, 0.2) is 0 Å². The maximum atomic E-state index is 5.84. The SMILES string of the molecule is CCOc1cc(-c2ccc(N3CC4CC(C3)N4Cc3ccc(OC)nc3)nc2)c2c3c(nn2c1)CN=C3. The molecule has 4 aliphatic heterocycles. The van der Waals surface area contributed by atoms with Crippen LogP contribution in [0.25, 0.3) is 16.6 Å². The lowest BCUT2D eigenvalue weighted by Crippen LogP contribution is -2.68. The van der Waals surface area contributed by atoms with E-state index in [-0.39, 0.29) is 0 Å². The average molecular weight is 496 g/mol. The van der Waals surface area contributed by atoms with Crippen molar-refractivity contribution >= 4 is 17.5 Å². The van der Waals surface area contributed by atoms with Crippen LogP contribution in [0.2, 0.25) is 0 Å². The van der Waals surface area contributed by atoms with Crippen LogP contribution in [0.15, 0.2) is 53.9 Å². The number of aliphatic imine (C=N–C) groups is 1. The van der Waals surface area contributed by atoms with Crippen LogP contribution in [0.3, 0.4) is 0 Å². The molecule has 2 atom stereocenters. The van der Waals surface area contributed by atoms with Gasteiger partial charge in [-0.05, 0) is 37.1 Å². The molecular formula is C28H29N7O2. The Morgan fingerprint density at radius 1 is 1.05 bits per heavy atom. The van der Waals surface area contributed by atoms with Gasteiger partial charge in [-0.25, -0.2) is 14.5 Å². The lowest BCUT2D eigenvalue weighted by molar-refractivity contribution is -0.00876. The van der Waals surface area contributed by atoms with Crippen LogP contribution in [0.1, 0.15) is 30.2 Å². The van der Waals surface area contributed by atoms with Crippen LogP contribution in [-0.4, -0.2) is 69.6 Å². The lowest BCUT2D eigenvalue weighted by atomic mass is 9.87. The van der Waals surface area contributed by atoms with Gasteiger partial charge in [0, 0.05) is 73.1 Å². The Morgan fingerprint density at radius 3 is 2.68 bits per heavy atom. The number of hydrogen-bond acceptors (Lipinski definition) is 8. The second kappa shape index (κ2) is 8.85. The van der Waals surface area contributed by atoms with Crippen LogP contribution in [0.4, 0.5) is 5.82 Å². The van der Waals surface area contributed by atoms with Crippen molar-refractivity contribution in [3.05, 3.63) is 65.7 Å². The molecular weight excluding hydrogens is 466 g/mol. The third kappa shape index (κ3) is 3.81. The number of methoxy groups -OCH3 is 1. The van der Waals surface area contributed by atoms with Gasteiger partial charge in [0.25, 0.3) is 0 Å². The highest BCUT2D eigenvalue weighted by Crippen LogP contribution is 2.37. The van der Waals surface area contributed by atoms with E-state index in [4.69, 9.17) is 19.6 Å². The minimum atomic E-state index is 0.540. The molecule has 0 amide bonds. The molecule has 2 unspecified atom stereocenters. The summed E-state index contributed by atoms with van der Waals surface area (Å²) in [6, 6.07) is 11.5. The fraction of sp³-hybridized carbons (Fsp3) is 0.357. The summed E-state index contributed by atoms with van der Waals surface area (Å²) in [5.41, 5.74) is 6.48. The van der Waals surface area contributed by atoms with E-state index >= 15 is 0 Å². The third-order valence-electron chi connectivity index (χ3n) is 7.69. The summed E-state index contributed by atoms with van der Waals surface area (Å²) in [4.78, 5) is 18.7. The molecule has 2 bridgehead atoms. The average Bonchev–Trinajstić information content (AvgIpc) is 3.53. The first-order chi connectivity index (χ1) is 18.2. The van der Waals surface area contributed by atoms with Gasteiger partial charge in [-0.1, -0.05) is 6.07 Å². The van der Waals surface area contributed by atoms with Crippen LogP contribution >= 0.6 is 0 Å². The summed E-state index contributed by atoms with van der Waals surface area (Å²) >= 11 is 0. The van der Waals surface area contributed by atoms with Gasteiger partial charge in [0.1, 0.15) is 11.6 Å². The fourth-order valence-corrected chi connectivity index (χ4v) is 5.87. The van der Waals surface area contributed by atoms with Gasteiger partial charge in [-0.15, -0.1) is 0 Å². The van der Waals surface area contributed by atoms with Gasteiger partial charge < -0.3 is 14.4 Å². The fourth-order valence-electron chi connectivity index (χ4n) is 5.87. The predicted molar refractivity (Wildman–Crippen MR) is 142 cm³/mol. The van der Waals surface area contributed by atoms with E-state index in [1.54, 1.807) is 7.11 Å². The lowest BCUT2D eigenvalue weighted by Gasteiger charge is -2.56. The summed E-state index contributed by atoms with van der Waals surface area (Å²) in [5.74, 6) is 2.49. The first kappa shape index (κ1) is 22.2. The summed E-state index contributed by atoms with van der Waals surface area (Å²) in [6.45, 7) is 6.13. The summed E-state index contributed by atoms with van der Waals surface area (Å²) in [7, 11) is 1.65. The number of fused-ring (bicyclic) bond motifs is 5. The minimum Gasteiger partial charge on any atom is -0.492 e. The number of aromatic nitrogens is 4. The van der Waals surface area contributed by atoms with Crippen molar-refractivity contribution in [3.8, 4) is 22.8 Å². The number of rotatable bonds is 7.